The molecule has 0 aliphatic rings. The van der Waals surface area contributed by atoms with Crippen molar-refractivity contribution in [3.63, 3.8) is 0 Å². The van der Waals surface area contributed by atoms with Crippen LogP contribution in [-0.2, 0) is 14.3 Å². The summed E-state index contributed by atoms with van der Waals surface area (Å²) in [6.45, 7) is 4.83. The highest BCUT2D eigenvalue weighted by molar-refractivity contribution is 6.00. The molecule has 1 unspecified atom stereocenters. The first-order chi connectivity index (χ1) is 13.8. The van der Waals surface area contributed by atoms with Crippen molar-refractivity contribution in [2.24, 2.45) is 0 Å². The molecule has 0 saturated heterocycles. The van der Waals surface area contributed by atoms with Gasteiger partial charge in [-0.2, -0.15) is 0 Å². The predicted molar refractivity (Wildman–Crippen MR) is 104 cm³/mol. The molecule has 2 aromatic heterocycles. The number of H-pyrrole nitrogens is 1. The number of aromatic amines is 1. The van der Waals surface area contributed by atoms with Crippen LogP contribution in [0.4, 0.5) is 5.82 Å². The van der Waals surface area contributed by atoms with E-state index in [0.29, 0.717) is 16.7 Å². The molecule has 2 amide bonds. The summed E-state index contributed by atoms with van der Waals surface area (Å²) >= 11 is 0. The highest BCUT2D eigenvalue weighted by atomic mass is 16.5. The lowest BCUT2D eigenvalue weighted by molar-refractivity contribution is -0.152. The number of aryl methyl sites for hydroxylation is 2. The number of fused-ring (bicyclic) bond motifs is 1. The fourth-order valence-electron chi connectivity index (χ4n) is 2.73. The molecule has 0 saturated carbocycles. The van der Waals surface area contributed by atoms with Crippen molar-refractivity contribution >= 4 is 34.8 Å². The van der Waals surface area contributed by atoms with E-state index < -0.39 is 23.9 Å². The van der Waals surface area contributed by atoms with Gasteiger partial charge in [0.05, 0.1) is 6.33 Å². The van der Waals surface area contributed by atoms with E-state index in [1.54, 1.807) is 12.1 Å². The second kappa shape index (κ2) is 8.46. The van der Waals surface area contributed by atoms with Crippen LogP contribution in [0.15, 0.2) is 30.9 Å². The van der Waals surface area contributed by atoms with Gasteiger partial charge in [0.15, 0.2) is 17.6 Å². The summed E-state index contributed by atoms with van der Waals surface area (Å²) in [5.41, 5.74) is 3.20. The topological polar surface area (TPSA) is 139 Å². The lowest BCUT2D eigenvalue weighted by Gasteiger charge is -2.13. The molecule has 10 heteroatoms. The monoisotopic (exact) mass is 396 g/mol. The summed E-state index contributed by atoms with van der Waals surface area (Å²) in [5, 5.41) is 5.04. The SMILES string of the molecule is Cc1cc(C)cc(C(=O)NCC(=O)OC(C)C(=O)Nc2ncnc3nc[nH]c23)c1. The number of carbonyl (C=O) groups is 3. The zero-order valence-electron chi connectivity index (χ0n) is 16.1. The third-order valence-corrected chi connectivity index (χ3v) is 4.02. The molecule has 2 heterocycles. The Morgan fingerprint density at radius 3 is 2.55 bits per heavy atom. The zero-order chi connectivity index (χ0) is 21.0. The number of imidazole rings is 1. The standard InChI is InChI=1S/C19H20N6O4/c1-10-4-11(2)6-13(5-10)19(28)20-7-14(26)29-12(3)18(27)25-17-15-16(22-8-21-15)23-9-24-17/h4-6,8-9,12H,7H2,1-3H3,(H,20,28)(H2,21,22,23,24,25,27). The number of benzene rings is 1. The molecule has 0 aliphatic heterocycles. The van der Waals surface area contributed by atoms with Gasteiger partial charge in [0.1, 0.15) is 18.4 Å². The summed E-state index contributed by atoms with van der Waals surface area (Å²) < 4.78 is 5.08. The Morgan fingerprint density at radius 1 is 1.10 bits per heavy atom. The van der Waals surface area contributed by atoms with Gasteiger partial charge in [-0.15, -0.1) is 0 Å². The van der Waals surface area contributed by atoms with Crippen molar-refractivity contribution in [1.29, 1.82) is 0 Å². The first-order valence-corrected chi connectivity index (χ1v) is 8.84. The number of ether oxygens (including phenoxy) is 1. The zero-order valence-corrected chi connectivity index (χ0v) is 16.1. The average Bonchev–Trinajstić information content (AvgIpc) is 3.15. The predicted octanol–water partition coefficient (Wildman–Crippen LogP) is 1.27. The molecule has 3 rings (SSSR count). The van der Waals surface area contributed by atoms with Crippen LogP contribution in [0.5, 0.6) is 0 Å². The third kappa shape index (κ3) is 4.92. The molecular formula is C19H20N6O4. The van der Waals surface area contributed by atoms with Crippen LogP contribution in [-0.4, -0.2) is 50.4 Å². The molecule has 10 nitrogen and oxygen atoms in total. The molecule has 150 valence electrons. The number of carbonyl (C=O) groups excluding carboxylic acids is 3. The molecule has 0 spiro atoms. The first kappa shape index (κ1) is 19.9. The van der Waals surface area contributed by atoms with Crippen molar-refractivity contribution in [2.45, 2.75) is 26.9 Å². The molecule has 3 aromatic rings. The minimum Gasteiger partial charge on any atom is -0.451 e. The molecule has 1 aromatic carbocycles. The van der Waals surface area contributed by atoms with Gasteiger partial charge in [-0.3, -0.25) is 14.4 Å². The van der Waals surface area contributed by atoms with E-state index in [1.807, 2.05) is 19.9 Å². The van der Waals surface area contributed by atoms with Crippen molar-refractivity contribution in [3.8, 4) is 0 Å². The van der Waals surface area contributed by atoms with Crippen LogP contribution in [0.1, 0.15) is 28.4 Å². The quantitative estimate of drug-likeness (QED) is 0.533. The van der Waals surface area contributed by atoms with Crippen molar-refractivity contribution < 1.29 is 19.1 Å². The minimum absolute atomic E-state index is 0.225. The van der Waals surface area contributed by atoms with Gasteiger partial charge in [0.25, 0.3) is 11.8 Å². The number of aromatic nitrogens is 4. The molecule has 1 atom stereocenters. The van der Waals surface area contributed by atoms with Crippen LogP contribution in [0.3, 0.4) is 0 Å². The van der Waals surface area contributed by atoms with Gasteiger partial charge < -0.3 is 20.4 Å². The Hall–Kier alpha value is -3.82. The fourth-order valence-corrected chi connectivity index (χ4v) is 2.73. The Bertz CT molecular complexity index is 1060. The van der Waals surface area contributed by atoms with Gasteiger partial charge in [0, 0.05) is 5.56 Å². The highest BCUT2D eigenvalue weighted by Gasteiger charge is 2.20. The van der Waals surface area contributed by atoms with Gasteiger partial charge >= 0.3 is 5.97 Å². The van der Waals surface area contributed by atoms with Crippen LogP contribution in [0, 0.1) is 13.8 Å². The summed E-state index contributed by atoms with van der Waals surface area (Å²) in [6, 6.07) is 5.39. The summed E-state index contributed by atoms with van der Waals surface area (Å²) in [7, 11) is 0. The summed E-state index contributed by atoms with van der Waals surface area (Å²) in [5.74, 6) is -1.48. The maximum Gasteiger partial charge on any atom is 0.326 e. The molecule has 0 bridgehead atoms. The maximum atomic E-state index is 12.3. The highest BCUT2D eigenvalue weighted by Crippen LogP contribution is 2.14. The second-order valence-corrected chi connectivity index (χ2v) is 6.50. The largest absolute Gasteiger partial charge is 0.451 e. The molecule has 0 fully saturated rings. The Labute approximate surface area is 166 Å². The van der Waals surface area contributed by atoms with E-state index >= 15 is 0 Å². The first-order valence-electron chi connectivity index (χ1n) is 8.84. The van der Waals surface area contributed by atoms with Crippen LogP contribution in [0.25, 0.3) is 11.2 Å². The van der Waals surface area contributed by atoms with Crippen LogP contribution >= 0.6 is 0 Å². The Morgan fingerprint density at radius 2 is 1.83 bits per heavy atom. The summed E-state index contributed by atoms with van der Waals surface area (Å²) in [6.07, 6.45) is 1.60. The number of amides is 2. The fraction of sp³-hybridized carbons (Fsp3) is 0.263. The molecular weight excluding hydrogens is 376 g/mol. The molecule has 0 aliphatic carbocycles. The Balaban J connectivity index is 1.52. The number of nitrogens with zero attached hydrogens (tertiary/aromatic N) is 3. The minimum atomic E-state index is -1.09. The average molecular weight is 396 g/mol. The number of anilines is 1. The number of hydrogen-bond donors (Lipinski definition) is 3. The van der Waals surface area contributed by atoms with Gasteiger partial charge in [-0.1, -0.05) is 17.2 Å². The molecule has 29 heavy (non-hydrogen) atoms. The number of esters is 1. The van der Waals surface area contributed by atoms with Gasteiger partial charge in [-0.05, 0) is 32.9 Å². The molecule has 0 radical (unpaired) electrons. The Kier molecular flexibility index (Phi) is 5.82. The van der Waals surface area contributed by atoms with E-state index in [-0.39, 0.29) is 12.4 Å². The van der Waals surface area contributed by atoms with E-state index in [4.69, 9.17) is 4.74 Å². The summed E-state index contributed by atoms with van der Waals surface area (Å²) in [4.78, 5) is 51.2. The van der Waals surface area contributed by atoms with E-state index in [2.05, 4.69) is 30.6 Å². The lowest BCUT2D eigenvalue weighted by Crippen LogP contribution is -2.36. The van der Waals surface area contributed by atoms with Gasteiger partial charge in [-0.25, -0.2) is 15.0 Å². The number of hydrogen-bond acceptors (Lipinski definition) is 7. The van der Waals surface area contributed by atoms with Crippen molar-refractivity contribution in [2.75, 3.05) is 11.9 Å². The van der Waals surface area contributed by atoms with Crippen LogP contribution in [0.2, 0.25) is 0 Å². The maximum absolute atomic E-state index is 12.3. The van der Waals surface area contributed by atoms with E-state index in [9.17, 15) is 14.4 Å². The number of nitrogens with one attached hydrogen (secondary N) is 3. The smallest absolute Gasteiger partial charge is 0.326 e. The number of rotatable bonds is 6. The van der Waals surface area contributed by atoms with Crippen molar-refractivity contribution in [1.82, 2.24) is 25.3 Å². The molecule has 3 N–H and O–H groups in total. The van der Waals surface area contributed by atoms with Crippen LogP contribution < -0.4 is 10.6 Å². The lowest BCUT2D eigenvalue weighted by atomic mass is 10.1. The van der Waals surface area contributed by atoms with Crippen molar-refractivity contribution in [3.05, 3.63) is 47.5 Å². The van der Waals surface area contributed by atoms with Gasteiger partial charge in [0.2, 0.25) is 0 Å². The third-order valence-electron chi connectivity index (χ3n) is 4.02. The normalized spacial score (nSPS) is 11.7. The van der Waals surface area contributed by atoms with E-state index in [0.717, 1.165) is 11.1 Å². The van der Waals surface area contributed by atoms with E-state index in [1.165, 1.54) is 19.6 Å². The second-order valence-electron chi connectivity index (χ2n) is 6.50.